The fourth-order valence-corrected chi connectivity index (χ4v) is 1.76. The van der Waals surface area contributed by atoms with Crippen LogP contribution in [0.1, 0.15) is 0 Å². The van der Waals surface area contributed by atoms with Crippen molar-refractivity contribution in [3.05, 3.63) is 45.5 Å². The minimum absolute atomic E-state index is 0.0394. The molecule has 2 rings (SSSR count). The van der Waals surface area contributed by atoms with E-state index in [2.05, 4.69) is 26.2 Å². The molecular formula is C11H7BrClF2N3. The average molecular weight is 335 g/mol. The first-order valence-electron chi connectivity index (χ1n) is 4.81. The van der Waals surface area contributed by atoms with Crippen molar-refractivity contribution >= 4 is 44.7 Å². The first kappa shape index (κ1) is 13.0. The number of hydrogen-bond acceptors (Lipinski definition) is 3. The SMILES string of the molecule is Nc1ccc(Cl)nc1Nc1cc(F)c(Br)cc1F. The highest BCUT2D eigenvalue weighted by Gasteiger charge is 2.10. The summed E-state index contributed by atoms with van der Waals surface area (Å²) in [6.45, 7) is 0. The van der Waals surface area contributed by atoms with Gasteiger partial charge in [0.25, 0.3) is 0 Å². The van der Waals surface area contributed by atoms with Crippen LogP contribution in [0.2, 0.25) is 5.15 Å². The maximum atomic E-state index is 13.6. The minimum Gasteiger partial charge on any atom is -0.396 e. The summed E-state index contributed by atoms with van der Waals surface area (Å²) in [6, 6.07) is 5.03. The number of nitrogens with two attached hydrogens (primary N) is 1. The lowest BCUT2D eigenvalue weighted by molar-refractivity contribution is 0.598. The third kappa shape index (κ3) is 2.70. The summed E-state index contributed by atoms with van der Waals surface area (Å²) in [6.07, 6.45) is 0. The topological polar surface area (TPSA) is 50.9 Å². The minimum atomic E-state index is -0.635. The predicted molar refractivity (Wildman–Crippen MR) is 71.0 cm³/mol. The van der Waals surface area contributed by atoms with Gasteiger partial charge in [-0.1, -0.05) is 11.6 Å². The lowest BCUT2D eigenvalue weighted by atomic mass is 10.3. The Kier molecular flexibility index (Phi) is 3.68. The van der Waals surface area contributed by atoms with Gasteiger partial charge in [-0.3, -0.25) is 0 Å². The summed E-state index contributed by atoms with van der Waals surface area (Å²) in [5.41, 5.74) is 5.85. The van der Waals surface area contributed by atoms with Crippen LogP contribution in [0, 0.1) is 11.6 Å². The van der Waals surface area contributed by atoms with Crippen LogP contribution < -0.4 is 11.1 Å². The number of anilines is 3. The summed E-state index contributed by atoms with van der Waals surface area (Å²) in [7, 11) is 0. The van der Waals surface area contributed by atoms with E-state index in [0.29, 0.717) is 0 Å². The molecule has 2 aromatic rings. The fourth-order valence-electron chi connectivity index (χ4n) is 1.29. The van der Waals surface area contributed by atoms with Gasteiger partial charge in [0.2, 0.25) is 0 Å². The quantitative estimate of drug-likeness (QED) is 0.642. The van der Waals surface area contributed by atoms with Crippen LogP contribution in [-0.4, -0.2) is 4.98 Å². The first-order valence-corrected chi connectivity index (χ1v) is 5.98. The summed E-state index contributed by atoms with van der Waals surface area (Å²) in [4.78, 5) is 3.89. The van der Waals surface area contributed by atoms with Crippen molar-refractivity contribution in [2.75, 3.05) is 11.1 Å². The zero-order valence-corrected chi connectivity index (χ0v) is 11.2. The van der Waals surface area contributed by atoms with E-state index in [1.807, 2.05) is 0 Å². The number of pyridine rings is 1. The molecule has 1 aromatic heterocycles. The van der Waals surface area contributed by atoms with Crippen LogP contribution in [0.5, 0.6) is 0 Å². The standard InChI is InChI=1S/C11H7BrClF2N3/c12-5-3-7(15)9(4-6(5)14)17-11-8(16)1-2-10(13)18-11/h1-4H,16H2,(H,17,18). The van der Waals surface area contributed by atoms with Crippen molar-refractivity contribution in [2.24, 2.45) is 0 Å². The zero-order chi connectivity index (χ0) is 13.3. The molecule has 0 aliphatic heterocycles. The van der Waals surface area contributed by atoms with Crippen LogP contribution in [0.25, 0.3) is 0 Å². The molecule has 1 heterocycles. The molecule has 0 spiro atoms. The molecule has 0 aliphatic carbocycles. The lowest BCUT2D eigenvalue weighted by Gasteiger charge is -2.10. The van der Waals surface area contributed by atoms with Gasteiger partial charge in [-0.2, -0.15) is 0 Å². The monoisotopic (exact) mass is 333 g/mol. The van der Waals surface area contributed by atoms with E-state index < -0.39 is 11.6 Å². The Balaban J connectivity index is 2.40. The van der Waals surface area contributed by atoms with Gasteiger partial charge in [-0.05, 0) is 34.1 Å². The lowest BCUT2D eigenvalue weighted by Crippen LogP contribution is -2.01. The average Bonchev–Trinajstić information content (AvgIpc) is 2.30. The summed E-state index contributed by atoms with van der Waals surface area (Å²) < 4.78 is 26.9. The van der Waals surface area contributed by atoms with E-state index in [4.69, 9.17) is 17.3 Å². The number of aromatic nitrogens is 1. The molecule has 18 heavy (non-hydrogen) atoms. The molecule has 0 radical (unpaired) electrons. The molecule has 3 N–H and O–H groups in total. The van der Waals surface area contributed by atoms with Gasteiger partial charge in [-0.15, -0.1) is 0 Å². The van der Waals surface area contributed by atoms with Crippen molar-refractivity contribution in [1.29, 1.82) is 0 Å². The second kappa shape index (κ2) is 5.07. The molecule has 94 valence electrons. The summed E-state index contributed by atoms with van der Waals surface area (Å²) in [5.74, 6) is -1.06. The number of benzene rings is 1. The van der Waals surface area contributed by atoms with Crippen molar-refractivity contribution in [3.8, 4) is 0 Å². The van der Waals surface area contributed by atoms with Gasteiger partial charge in [0.15, 0.2) is 5.82 Å². The summed E-state index contributed by atoms with van der Waals surface area (Å²) >= 11 is 8.58. The Morgan fingerprint density at radius 3 is 2.67 bits per heavy atom. The van der Waals surface area contributed by atoms with E-state index in [1.54, 1.807) is 0 Å². The van der Waals surface area contributed by atoms with Gasteiger partial charge < -0.3 is 11.1 Å². The molecule has 0 unspecified atom stereocenters. The van der Waals surface area contributed by atoms with Crippen LogP contribution in [-0.2, 0) is 0 Å². The Morgan fingerprint density at radius 2 is 1.94 bits per heavy atom. The molecule has 3 nitrogen and oxygen atoms in total. The highest BCUT2D eigenvalue weighted by Crippen LogP contribution is 2.28. The van der Waals surface area contributed by atoms with Crippen molar-refractivity contribution in [1.82, 2.24) is 4.98 Å². The second-order valence-corrected chi connectivity index (χ2v) is 4.68. The first-order chi connectivity index (χ1) is 8.47. The highest BCUT2D eigenvalue weighted by molar-refractivity contribution is 9.10. The number of nitrogens with one attached hydrogen (secondary N) is 1. The van der Waals surface area contributed by atoms with E-state index >= 15 is 0 Å². The van der Waals surface area contributed by atoms with Gasteiger partial charge in [0.05, 0.1) is 15.8 Å². The molecule has 0 atom stereocenters. The van der Waals surface area contributed by atoms with Crippen LogP contribution in [0.4, 0.5) is 26.0 Å². The molecule has 0 saturated carbocycles. The van der Waals surface area contributed by atoms with Gasteiger partial charge in [-0.25, -0.2) is 13.8 Å². The Hall–Kier alpha value is -1.40. The normalized spacial score (nSPS) is 10.4. The van der Waals surface area contributed by atoms with Crippen molar-refractivity contribution in [2.45, 2.75) is 0 Å². The van der Waals surface area contributed by atoms with Crippen molar-refractivity contribution < 1.29 is 8.78 Å². The maximum absolute atomic E-state index is 13.6. The number of hydrogen-bond donors (Lipinski definition) is 2. The largest absolute Gasteiger partial charge is 0.396 e. The molecule has 0 aliphatic rings. The van der Waals surface area contributed by atoms with E-state index in [-0.39, 0.29) is 26.8 Å². The Labute approximate surface area is 115 Å². The molecule has 0 bridgehead atoms. The maximum Gasteiger partial charge on any atom is 0.155 e. The molecule has 7 heteroatoms. The molecule has 0 amide bonds. The molecule has 0 saturated heterocycles. The van der Waals surface area contributed by atoms with Crippen LogP contribution in [0.3, 0.4) is 0 Å². The molecule has 0 fully saturated rings. The van der Waals surface area contributed by atoms with Gasteiger partial charge in [0, 0.05) is 6.07 Å². The smallest absolute Gasteiger partial charge is 0.155 e. The third-order valence-electron chi connectivity index (χ3n) is 2.16. The number of nitrogen functional groups attached to an aromatic ring is 1. The third-order valence-corrected chi connectivity index (χ3v) is 2.97. The van der Waals surface area contributed by atoms with E-state index in [1.165, 1.54) is 12.1 Å². The van der Waals surface area contributed by atoms with Gasteiger partial charge in [0.1, 0.15) is 16.8 Å². The van der Waals surface area contributed by atoms with Crippen molar-refractivity contribution in [3.63, 3.8) is 0 Å². The fraction of sp³-hybridized carbons (Fsp3) is 0. The zero-order valence-electron chi connectivity index (χ0n) is 8.85. The Bertz CT molecular complexity index is 607. The number of rotatable bonds is 2. The summed E-state index contributed by atoms with van der Waals surface area (Å²) in [5, 5.41) is 2.79. The molecule has 1 aromatic carbocycles. The van der Waals surface area contributed by atoms with Crippen LogP contribution in [0.15, 0.2) is 28.7 Å². The highest BCUT2D eigenvalue weighted by atomic mass is 79.9. The second-order valence-electron chi connectivity index (χ2n) is 3.44. The Morgan fingerprint density at radius 1 is 1.22 bits per heavy atom. The number of nitrogens with zero attached hydrogens (tertiary/aromatic N) is 1. The van der Waals surface area contributed by atoms with Crippen LogP contribution >= 0.6 is 27.5 Å². The van der Waals surface area contributed by atoms with E-state index in [9.17, 15) is 8.78 Å². The molecular weight excluding hydrogens is 327 g/mol. The van der Waals surface area contributed by atoms with Gasteiger partial charge >= 0.3 is 0 Å². The predicted octanol–water partition coefficient (Wildman–Crippen LogP) is 4.10. The number of halogens is 4. The van der Waals surface area contributed by atoms with E-state index in [0.717, 1.165) is 12.1 Å².